The minimum absolute atomic E-state index is 0.0305. The van der Waals surface area contributed by atoms with Gasteiger partial charge in [0.1, 0.15) is 0 Å². The summed E-state index contributed by atoms with van der Waals surface area (Å²) < 4.78 is 13.3. The van der Waals surface area contributed by atoms with E-state index >= 15 is 0 Å². The second kappa shape index (κ2) is 7.29. The lowest BCUT2D eigenvalue weighted by Crippen LogP contribution is -2.63. The number of aliphatic hydroxyl groups excluding tert-OH is 3. The van der Waals surface area contributed by atoms with Gasteiger partial charge in [0, 0.05) is 18.3 Å². The smallest absolute Gasteiger partial charge is 0.171 e. The van der Waals surface area contributed by atoms with E-state index in [1.807, 2.05) is 0 Å². The van der Waals surface area contributed by atoms with Crippen molar-refractivity contribution in [2.45, 2.75) is 103 Å². The van der Waals surface area contributed by atoms with Crippen molar-refractivity contribution in [3.8, 4) is 0 Å². The van der Waals surface area contributed by atoms with Crippen molar-refractivity contribution in [3.63, 3.8) is 0 Å². The zero-order valence-corrected chi connectivity index (χ0v) is 21.0. The highest BCUT2D eigenvalue weighted by Crippen LogP contribution is 2.72. The first-order valence-corrected chi connectivity index (χ1v) is 13.6. The largest absolute Gasteiger partial charge is 0.393 e. The molecule has 6 aliphatic rings. The number of aliphatic hydroxyl groups is 3. The molecule has 4 aliphatic carbocycles. The van der Waals surface area contributed by atoms with E-state index in [0.29, 0.717) is 24.2 Å². The summed E-state index contributed by atoms with van der Waals surface area (Å²) in [5.41, 5.74) is 0.917. The van der Waals surface area contributed by atoms with Gasteiger partial charge >= 0.3 is 0 Å². The molecule has 0 amide bonds. The fraction of sp³-hybridized carbons (Fsp3) is 0.929. The Morgan fingerprint density at radius 3 is 2.42 bits per heavy atom. The van der Waals surface area contributed by atoms with Crippen molar-refractivity contribution in [1.29, 1.82) is 0 Å². The van der Waals surface area contributed by atoms with Crippen molar-refractivity contribution >= 4 is 0 Å². The molecule has 5 nitrogen and oxygen atoms in total. The molecule has 33 heavy (non-hydrogen) atoms. The second-order valence-electron chi connectivity index (χ2n) is 13.3. The van der Waals surface area contributed by atoms with Crippen LogP contribution in [0.25, 0.3) is 0 Å². The standard InChI is InChI=1S/C28H44O5/c1-14-6-9-28(32-13-14)15(2)23-21(33-28)12-19-22-20(30)11-17-10-18(29)7-8-26(17,4)24(22)25(31)16(3)27(19,23)5/h11,14-16,18-25,29-31H,6-10,12-13H2,1-5H3/t14?,15-,16+,18-,19-,20-,21?,22+,23?,24+,25-,26-,27-,28+/m0/s1. The number of fused-ring (bicyclic) bond motifs is 7. The van der Waals surface area contributed by atoms with Crippen LogP contribution in [0.5, 0.6) is 0 Å². The maximum atomic E-state index is 11.9. The van der Waals surface area contributed by atoms with Gasteiger partial charge < -0.3 is 24.8 Å². The van der Waals surface area contributed by atoms with Crippen LogP contribution < -0.4 is 0 Å². The topological polar surface area (TPSA) is 79.2 Å². The predicted molar refractivity (Wildman–Crippen MR) is 125 cm³/mol. The number of hydrogen-bond donors (Lipinski definition) is 3. The van der Waals surface area contributed by atoms with Gasteiger partial charge in [-0.05, 0) is 72.5 Å². The number of hydrogen-bond acceptors (Lipinski definition) is 5. The predicted octanol–water partition coefficient (Wildman–Crippen LogP) is 3.90. The third-order valence-electron chi connectivity index (χ3n) is 12.0. The average Bonchev–Trinajstić information content (AvgIpc) is 3.21. The fourth-order valence-electron chi connectivity index (χ4n) is 10.1. The van der Waals surface area contributed by atoms with E-state index in [-0.39, 0.29) is 46.7 Å². The Labute approximate surface area is 198 Å². The summed E-state index contributed by atoms with van der Waals surface area (Å²) in [5.74, 6) is 1.23. The van der Waals surface area contributed by atoms with E-state index in [1.54, 1.807) is 0 Å². The number of rotatable bonds is 0. The van der Waals surface area contributed by atoms with Crippen LogP contribution in [0.3, 0.4) is 0 Å². The lowest BCUT2D eigenvalue weighted by Gasteiger charge is -2.63. The van der Waals surface area contributed by atoms with Gasteiger partial charge in [0.05, 0.1) is 31.0 Å². The molecule has 2 aliphatic heterocycles. The highest BCUT2D eigenvalue weighted by Gasteiger charge is 2.73. The van der Waals surface area contributed by atoms with Crippen LogP contribution in [0.1, 0.15) is 73.1 Å². The molecule has 1 spiro atoms. The van der Waals surface area contributed by atoms with Gasteiger partial charge in [0.25, 0.3) is 0 Å². The van der Waals surface area contributed by atoms with Crippen LogP contribution in [-0.2, 0) is 9.47 Å². The van der Waals surface area contributed by atoms with Gasteiger partial charge in [-0.15, -0.1) is 0 Å². The molecule has 3 unspecified atom stereocenters. The minimum atomic E-state index is -0.565. The molecule has 0 aromatic heterocycles. The zero-order valence-electron chi connectivity index (χ0n) is 21.0. The van der Waals surface area contributed by atoms with Crippen LogP contribution in [0, 0.1) is 52.3 Å². The van der Waals surface area contributed by atoms with Gasteiger partial charge in [0.15, 0.2) is 5.79 Å². The summed E-state index contributed by atoms with van der Waals surface area (Å²) >= 11 is 0. The number of ether oxygens (including phenoxy) is 2. The molecular weight excluding hydrogens is 416 g/mol. The van der Waals surface area contributed by atoms with Crippen LogP contribution in [0.2, 0.25) is 0 Å². The summed E-state index contributed by atoms with van der Waals surface area (Å²) in [4.78, 5) is 0. The summed E-state index contributed by atoms with van der Waals surface area (Å²) in [6.45, 7) is 12.3. The quantitative estimate of drug-likeness (QED) is 0.478. The Bertz CT molecular complexity index is 832. The van der Waals surface area contributed by atoms with Crippen molar-refractivity contribution in [1.82, 2.24) is 0 Å². The molecule has 186 valence electrons. The van der Waals surface area contributed by atoms with Crippen molar-refractivity contribution < 1.29 is 24.8 Å². The Morgan fingerprint density at radius 1 is 0.970 bits per heavy atom. The minimum Gasteiger partial charge on any atom is -0.393 e. The maximum absolute atomic E-state index is 11.9. The van der Waals surface area contributed by atoms with E-state index in [0.717, 1.165) is 44.3 Å². The van der Waals surface area contributed by atoms with Crippen LogP contribution in [0.15, 0.2) is 11.6 Å². The molecule has 2 heterocycles. The summed E-state index contributed by atoms with van der Waals surface area (Å²) in [6, 6.07) is 0. The molecule has 5 heteroatoms. The van der Waals surface area contributed by atoms with Gasteiger partial charge in [-0.1, -0.05) is 46.3 Å². The molecule has 0 bridgehead atoms. The highest BCUT2D eigenvalue weighted by molar-refractivity contribution is 5.30. The molecule has 0 radical (unpaired) electrons. The Hall–Kier alpha value is -0.460. The molecule has 3 N–H and O–H groups in total. The summed E-state index contributed by atoms with van der Waals surface area (Å²) in [6.07, 6.45) is 6.17. The fourth-order valence-corrected chi connectivity index (χ4v) is 10.1. The first kappa shape index (κ1) is 23.0. The van der Waals surface area contributed by atoms with E-state index in [1.165, 1.54) is 0 Å². The second-order valence-corrected chi connectivity index (χ2v) is 13.3. The van der Waals surface area contributed by atoms with Crippen molar-refractivity contribution in [2.24, 2.45) is 52.3 Å². The molecule has 0 aromatic carbocycles. The van der Waals surface area contributed by atoms with Crippen LogP contribution in [0.4, 0.5) is 0 Å². The monoisotopic (exact) mass is 460 g/mol. The highest BCUT2D eigenvalue weighted by atomic mass is 16.7. The van der Waals surface area contributed by atoms with E-state index < -0.39 is 18.0 Å². The lowest BCUT2D eigenvalue weighted by molar-refractivity contribution is -0.275. The lowest BCUT2D eigenvalue weighted by atomic mass is 9.43. The van der Waals surface area contributed by atoms with Gasteiger partial charge in [-0.3, -0.25) is 0 Å². The first-order valence-electron chi connectivity index (χ1n) is 13.6. The van der Waals surface area contributed by atoms with Crippen molar-refractivity contribution in [3.05, 3.63) is 11.6 Å². The Morgan fingerprint density at radius 2 is 1.73 bits per heavy atom. The first-order chi connectivity index (χ1) is 15.5. The van der Waals surface area contributed by atoms with E-state index in [4.69, 9.17) is 9.47 Å². The SMILES string of the molecule is CC1CC[C@@]2(OC1)OC1C[C@H]3[C@H]4[C@H]([C@@H](O)[C@@H](C)[C@]3(C)C1[C@@H]2C)[C@@]1(C)CC[C@H](O)CC1=C[C@@H]4O. The molecule has 14 atom stereocenters. The molecule has 3 saturated carbocycles. The van der Waals surface area contributed by atoms with Crippen LogP contribution in [-0.4, -0.2) is 52.1 Å². The van der Waals surface area contributed by atoms with Gasteiger partial charge in [0.2, 0.25) is 0 Å². The van der Waals surface area contributed by atoms with Crippen molar-refractivity contribution in [2.75, 3.05) is 6.61 Å². The zero-order chi connectivity index (χ0) is 23.5. The molecule has 2 saturated heterocycles. The van der Waals surface area contributed by atoms with E-state index in [2.05, 4.69) is 40.7 Å². The maximum Gasteiger partial charge on any atom is 0.171 e. The Kier molecular flexibility index (Phi) is 5.07. The molecule has 5 fully saturated rings. The normalized spacial score (nSPS) is 62.3. The molecule has 6 rings (SSSR count). The van der Waals surface area contributed by atoms with Crippen LogP contribution >= 0.6 is 0 Å². The average molecular weight is 461 g/mol. The molecule has 0 aromatic rings. The van der Waals surface area contributed by atoms with Gasteiger partial charge in [-0.25, -0.2) is 0 Å². The third-order valence-corrected chi connectivity index (χ3v) is 12.0. The molecular formula is C28H44O5. The summed E-state index contributed by atoms with van der Waals surface area (Å²) in [5, 5.41) is 33.7. The third kappa shape index (κ3) is 2.83. The van der Waals surface area contributed by atoms with Gasteiger partial charge in [-0.2, -0.15) is 0 Å². The summed E-state index contributed by atoms with van der Waals surface area (Å²) in [7, 11) is 0. The Balaban J connectivity index is 1.38. The van der Waals surface area contributed by atoms with E-state index in [9.17, 15) is 15.3 Å².